The number of anilines is 1. The van der Waals surface area contributed by atoms with Crippen LogP contribution >= 0.6 is 0 Å². The molecule has 0 saturated heterocycles. The lowest BCUT2D eigenvalue weighted by atomic mass is 10.2. The van der Waals surface area contributed by atoms with Gasteiger partial charge in [-0.15, -0.1) is 0 Å². The molecule has 0 unspecified atom stereocenters. The first-order chi connectivity index (χ1) is 12.3. The molecule has 1 aromatic carbocycles. The highest BCUT2D eigenvalue weighted by Crippen LogP contribution is 2.30. The number of nitrogens with zero attached hydrogens (tertiary/aromatic N) is 1. The Hall–Kier alpha value is -2.57. The van der Waals surface area contributed by atoms with Gasteiger partial charge in [-0.1, -0.05) is 6.07 Å². The highest BCUT2D eigenvalue weighted by Gasteiger charge is 2.30. The minimum absolute atomic E-state index is 0.0625. The Bertz CT molecular complexity index is 663. The summed E-state index contributed by atoms with van der Waals surface area (Å²) >= 11 is 0. The lowest BCUT2D eigenvalue weighted by Crippen LogP contribution is -2.29. The standard InChI is InChI=1S/C17H20F3N3O3/c1-3-25-15(26-4-2)11-22-10-12(9-21)16(24)23-14-7-5-6-13(8-14)17(18,19)20/h5-8,10,15,22H,3-4,11H2,1-2H3,(H,23,24)/b12-10-. The second-order valence-corrected chi connectivity index (χ2v) is 4.95. The second kappa shape index (κ2) is 10.4. The van der Waals surface area contributed by atoms with Gasteiger partial charge in [0.05, 0.1) is 12.1 Å². The van der Waals surface area contributed by atoms with Crippen molar-refractivity contribution in [1.29, 1.82) is 5.26 Å². The van der Waals surface area contributed by atoms with Crippen LogP contribution in [0.2, 0.25) is 0 Å². The minimum atomic E-state index is -4.52. The molecule has 6 nitrogen and oxygen atoms in total. The molecule has 0 spiro atoms. The molecule has 0 aliphatic rings. The molecule has 0 bridgehead atoms. The summed E-state index contributed by atoms with van der Waals surface area (Å²) in [7, 11) is 0. The van der Waals surface area contributed by atoms with Gasteiger partial charge in [0.1, 0.15) is 11.6 Å². The molecule has 2 N–H and O–H groups in total. The first kappa shape index (κ1) is 21.5. The van der Waals surface area contributed by atoms with E-state index in [9.17, 15) is 18.0 Å². The van der Waals surface area contributed by atoms with Crippen LogP contribution in [0.15, 0.2) is 36.0 Å². The van der Waals surface area contributed by atoms with Crippen molar-refractivity contribution in [2.24, 2.45) is 0 Å². The third kappa shape index (κ3) is 7.13. The third-order valence-electron chi connectivity index (χ3n) is 3.05. The van der Waals surface area contributed by atoms with Crippen LogP contribution in [-0.4, -0.2) is 32.0 Å². The highest BCUT2D eigenvalue weighted by atomic mass is 19.4. The maximum Gasteiger partial charge on any atom is 0.416 e. The van der Waals surface area contributed by atoms with E-state index < -0.39 is 23.9 Å². The number of hydrogen-bond acceptors (Lipinski definition) is 5. The van der Waals surface area contributed by atoms with Crippen LogP contribution in [0.5, 0.6) is 0 Å². The Labute approximate surface area is 149 Å². The van der Waals surface area contributed by atoms with E-state index in [2.05, 4.69) is 10.6 Å². The predicted molar refractivity (Wildman–Crippen MR) is 88.8 cm³/mol. The quantitative estimate of drug-likeness (QED) is 0.396. The molecule has 1 amide bonds. The van der Waals surface area contributed by atoms with E-state index in [1.165, 1.54) is 12.1 Å². The van der Waals surface area contributed by atoms with Gasteiger partial charge in [-0.05, 0) is 32.0 Å². The molecule has 1 aromatic rings. The van der Waals surface area contributed by atoms with Crippen molar-refractivity contribution in [1.82, 2.24) is 5.32 Å². The molecule has 0 aliphatic carbocycles. The zero-order valence-corrected chi connectivity index (χ0v) is 14.4. The maximum atomic E-state index is 12.7. The van der Waals surface area contributed by atoms with Gasteiger partial charge < -0.3 is 20.1 Å². The first-order valence-corrected chi connectivity index (χ1v) is 7.87. The molecule has 0 aromatic heterocycles. The van der Waals surface area contributed by atoms with Gasteiger partial charge in [0.15, 0.2) is 6.29 Å². The number of alkyl halides is 3. The summed E-state index contributed by atoms with van der Waals surface area (Å²) in [5.74, 6) is -0.830. The lowest BCUT2D eigenvalue weighted by molar-refractivity contribution is -0.137. The third-order valence-corrected chi connectivity index (χ3v) is 3.05. The number of halogens is 3. The lowest BCUT2D eigenvalue weighted by Gasteiger charge is -2.16. The molecule has 9 heteroatoms. The van der Waals surface area contributed by atoms with Gasteiger partial charge in [-0.2, -0.15) is 18.4 Å². The summed E-state index contributed by atoms with van der Waals surface area (Å²) in [5, 5.41) is 14.1. The van der Waals surface area contributed by atoms with Crippen LogP contribution in [0.4, 0.5) is 18.9 Å². The number of nitrogens with one attached hydrogen (secondary N) is 2. The topological polar surface area (TPSA) is 83.4 Å². The normalized spacial score (nSPS) is 12.0. The van der Waals surface area contributed by atoms with Gasteiger partial charge in [0.2, 0.25) is 0 Å². The number of amides is 1. The van der Waals surface area contributed by atoms with E-state index in [1.54, 1.807) is 19.9 Å². The van der Waals surface area contributed by atoms with E-state index in [1.807, 2.05) is 0 Å². The number of rotatable bonds is 9. The number of carbonyl (C=O) groups excluding carboxylic acids is 1. The summed E-state index contributed by atoms with van der Waals surface area (Å²) in [6.07, 6.45) is -3.91. The smallest absolute Gasteiger partial charge is 0.385 e. The average Bonchev–Trinajstić information content (AvgIpc) is 2.58. The van der Waals surface area contributed by atoms with Crippen molar-refractivity contribution in [2.75, 3.05) is 25.1 Å². The highest BCUT2D eigenvalue weighted by molar-refractivity contribution is 6.06. The summed E-state index contributed by atoms with van der Waals surface area (Å²) in [6.45, 7) is 4.65. The van der Waals surface area contributed by atoms with Crippen molar-refractivity contribution in [3.05, 3.63) is 41.6 Å². The number of benzene rings is 1. The Morgan fingerprint density at radius 2 is 1.96 bits per heavy atom. The van der Waals surface area contributed by atoms with Crippen LogP contribution in [-0.2, 0) is 20.4 Å². The molecule has 0 radical (unpaired) electrons. The summed E-state index contributed by atoms with van der Waals surface area (Å²) in [5.41, 5.74) is -1.26. The van der Waals surface area contributed by atoms with Crippen molar-refractivity contribution in [3.63, 3.8) is 0 Å². The summed E-state index contributed by atoms with van der Waals surface area (Å²) < 4.78 is 48.7. The van der Waals surface area contributed by atoms with Gasteiger partial charge in [-0.25, -0.2) is 0 Å². The Morgan fingerprint density at radius 3 is 2.50 bits per heavy atom. The summed E-state index contributed by atoms with van der Waals surface area (Å²) in [6, 6.07) is 5.84. The van der Waals surface area contributed by atoms with E-state index in [-0.39, 0.29) is 17.8 Å². The fraction of sp³-hybridized carbons (Fsp3) is 0.412. The largest absolute Gasteiger partial charge is 0.416 e. The van der Waals surface area contributed by atoms with E-state index in [4.69, 9.17) is 14.7 Å². The van der Waals surface area contributed by atoms with Gasteiger partial charge in [0, 0.05) is 25.1 Å². The van der Waals surface area contributed by atoms with Gasteiger partial charge >= 0.3 is 6.18 Å². The van der Waals surface area contributed by atoms with Crippen molar-refractivity contribution < 1.29 is 27.4 Å². The number of nitriles is 1. The van der Waals surface area contributed by atoms with Gasteiger partial charge in [0.25, 0.3) is 5.91 Å². The van der Waals surface area contributed by atoms with Gasteiger partial charge in [-0.3, -0.25) is 4.79 Å². The Kier molecular flexibility index (Phi) is 8.61. The Balaban J connectivity index is 2.73. The number of hydrogen-bond donors (Lipinski definition) is 2. The average molecular weight is 371 g/mol. The maximum absolute atomic E-state index is 12.7. The molecule has 142 valence electrons. The number of ether oxygens (including phenoxy) is 2. The molecule has 0 aliphatic heterocycles. The molecular weight excluding hydrogens is 351 g/mol. The molecule has 1 rings (SSSR count). The van der Waals surface area contributed by atoms with Crippen molar-refractivity contribution in [3.8, 4) is 6.07 Å². The monoisotopic (exact) mass is 371 g/mol. The number of carbonyl (C=O) groups is 1. The first-order valence-electron chi connectivity index (χ1n) is 7.87. The Morgan fingerprint density at radius 1 is 1.31 bits per heavy atom. The van der Waals surface area contributed by atoms with E-state index >= 15 is 0 Å². The van der Waals surface area contributed by atoms with E-state index in [0.29, 0.717) is 13.2 Å². The molecule has 0 saturated carbocycles. The van der Waals surface area contributed by atoms with Crippen molar-refractivity contribution in [2.45, 2.75) is 26.3 Å². The predicted octanol–water partition coefficient (Wildman–Crippen LogP) is 3.04. The fourth-order valence-electron chi connectivity index (χ4n) is 1.92. The molecule has 0 heterocycles. The van der Waals surface area contributed by atoms with Crippen LogP contribution in [0.3, 0.4) is 0 Å². The molecule has 0 fully saturated rings. The zero-order chi connectivity index (χ0) is 19.6. The van der Waals surface area contributed by atoms with E-state index in [0.717, 1.165) is 18.3 Å². The SMILES string of the molecule is CCOC(CN/C=C(/C#N)C(=O)Nc1cccc(C(F)(F)F)c1)OCC. The van der Waals surface area contributed by atoms with Crippen LogP contribution in [0.25, 0.3) is 0 Å². The fourth-order valence-corrected chi connectivity index (χ4v) is 1.92. The molecule has 0 atom stereocenters. The summed E-state index contributed by atoms with van der Waals surface area (Å²) in [4.78, 5) is 12.0. The molecular formula is C17H20F3N3O3. The molecule has 26 heavy (non-hydrogen) atoms. The minimum Gasteiger partial charge on any atom is -0.385 e. The van der Waals surface area contributed by atoms with Crippen LogP contribution in [0, 0.1) is 11.3 Å². The zero-order valence-electron chi connectivity index (χ0n) is 14.4. The van der Waals surface area contributed by atoms with Crippen molar-refractivity contribution >= 4 is 11.6 Å². The van der Waals surface area contributed by atoms with Crippen LogP contribution < -0.4 is 10.6 Å². The van der Waals surface area contributed by atoms with Crippen LogP contribution in [0.1, 0.15) is 19.4 Å². The second-order valence-electron chi connectivity index (χ2n) is 4.95.